The normalized spacial score (nSPS) is 2.67. The van der Waals surface area contributed by atoms with Crippen LogP contribution in [0.3, 0.4) is 0 Å². The van der Waals surface area contributed by atoms with E-state index in [1.165, 1.54) is 0 Å². The Morgan fingerprint density at radius 3 is 1.17 bits per heavy atom. The molecular formula is C2H11ClN2Zn. The maximum absolute atomic E-state index is 4.81. The predicted molar refractivity (Wildman–Crippen MR) is 27.0 cm³/mol. The van der Waals surface area contributed by atoms with Gasteiger partial charge in [-0.15, -0.1) is 12.4 Å². The summed E-state index contributed by atoms with van der Waals surface area (Å²) in [6.07, 6.45) is 0. The zero-order valence-electron chi connectivity index (χ0n) is 4.27. The van der Waals surface area contributed by atoms with E-state index in [0.717, 1.165) is 0 Å². The molecule has 6 heavy (non-hydrogen) atoms. The van der Waals surface area contributed by atoms with Crippen molar-refractivity contribution in [3.63, 3.8) is 0 Å². The fourth-order valence-electron chi connectivity index (χ4n) is 0. The topological polar surface area (TPSA) is 52.0 Å². The molecule has 0 aromatic rings. The first-order valence-corrected chi connectivity index (χ1v) is 5.24. The molecule has 2 nitrogen and oxygen atoms in total. The molecule has 0 saturated heterocycles. The number of rotatable bonds is 0. The van der Waals surface area contributed by atoms with Crippen molar-refractivity contribution >= 4 is 12.4 Å². The van der Waals surface area contributed by atoms with Gasteiger partial charge >= 0.3 is 26.6 Å². The monoisotopic (exact) mass is 162 g/mol. The van der Waals surface area contributed by atoms with Crippen LogP contribution in [0.15, 0.2) is 0 Å². The Bertz CT molecular complexity index is 11.5. The van der Waals surface area contributed by atoms with Crippen LogP contribution in [0.4, 0.5) is 0 Å². The van der Waals surface area contributed by atoms with Crippen LogP contribution in [0.5, 0.6) is 0 Å². The third kappa shape index (κ3) is 102. The van der Waals surface area contributed by atoms with Gasteiger partial charge in [-0.2, -0.15) is 0 Å². The van der Waals surface area contributed by atoms with E-state index in [1.807, 2.05) is 13.8 Å². The molecule has 0 aromatic heterocycles. The third-order valence-corrected chi connectivity index (χ3v) is 0. The fraction of sp³-hybridized carbons (Fsp3) is 1.00. The molecule has 0 unspecified atom stereocenters. The molecule has 0 heterocycles. The van der Waals surface area contributed by atoms with Gasteiger partial charge in [-0.1, -0.05) is 13.8 Å². The molecule has 0 atom stereocenters. The predicted octanol–water partition coefficient (Wildman–Crippen LogP) is 0.264. The molecule has 0 spiro atoms. The Labute approximate surface area is 53.2 Å². The van der Waals surface area contributed by atoms with Crippen LogP contribution in [-0.2, 0) is 17.6 Å². The van der Waals surface area contributed by atoms with E-state index in [4.69, 9.17) is 8.95 Å². The molecule has 0 saturated carbocycles. The van der Waals surface area contributed by atoms with Crippen LogP contribution in [0.1, 0.15) is 13.8 Å². The summed E-state index contributed by atoms with van der Waals surface area (Å²) in [6.45, 7) is 4.00. The second-order valence-corrected chi connectivity index (χ2v) is 1.22. The van der Waals surface area contributed by atoms with E-state index in [2.05, 4.69) is 0 Å². The summed E-state index contributed by atoms with van der Waals surface area (Å²) in [6, 6.07) is 0. The van der Waals surface area contributed by atoms with Crippen LogP contribution in [-0.4, -0.2) is 0 Å². The second-order valence-electron chi connectivity index (χ2n) is 0.236. The van der Waals surface area contributed by atoms with Gasteiger partial charge in [0.25, 0.3) is 0 Å². The molecule has 0 aliphatic rings. The van der Waals surface area contributed by atoms with E-state index in [9.17, 15) is 0 Å². The summed E-state index contributed by atoms with van der Waals surface area (Å²) in [5.74, 6) is 0. The standard InChI is InChI=1S/C2H6.ClH.2H2N.Zn/c1-2;;;;/h1-2H3;1H;2*1H2;/q;;2*-1;+2. The van der Waals surface area contributed by atoms with Crippen molar-refractivity contribution in [1.29, 1.82) is 0 Å². The van der Waals surface area contributed by atoms with Gasteiger partial charge in [0.15, 0.2) is 0 Å². The summed E-state index contributed by atoms with van der Waals surface area (Å²) in [5.41, 5.74) is 0. The molecule has 0 amide bonds. The Hall–Kier alpha value is 0.833. The van der Waals surface area contributed by atoms with E-state index in [1.54, 1.807) is 0 Å². The van der Waals surface area contributed by atoms with Crippen LogP contribution in [0, 0.1) is 0 Å². The van der Waals surface area contributed by atoms with Crippen molar-refractivity contribution in [3.8, 4) is 0 Å². The van der Waals surface area contributed by atoms with Gasteiger partial charge in [-0.05, 0) is 0 Å². The quantitative estimate of drug-likeness (QED) is 0.504. The molecule has 38 valence electrons. The first kappa shape index (κ1) is 15.8. The Balaban J connectivity index is -0.0000000275. The summed E-state index contributed by atoms with van der Waals surface area (Å²) in [5, 5.41) is 0. The van der Waals surface area contributed by atoms with Crippen molar-refractivity contribution in [1.82, 2.24) is 0 Å². The van der Waals surface area contributed by atoms with Gasteiger partial charge in [-0.25, -0.2) is 0 Å². The zero-order chi connectivity index (χ0) is 4.71. The van der Waals surface area contributed by atoms with Gasteiger partial charge in [0.1, 0.15) is 0 Å². The molecule has 0 aromatic carbocycles. The summed E-state index contributed by atoms with van der Waals surface area (Å²) >= 11 is -0.875. The van der Waals surface area contributed by atoms with E-state index >= 15 is 0 Å². The minimum absolute atomic E-state index is 0. The molecule has 4 heteroatoms. The maximum atomic E-state index is 4.81. The Kier molecular flexibility index (Phi) is 107. The first-order chi connectivity index (χ1) is 2.41. The molecule has 0 aliphatic carbocycles. The number of hydrogen-bond acceptors (Lipinski definition) is 2. The van der Waals surface area contributed by atoms with Crippen LogP contribution >= 0.6 is 12.4 Å². The molecule has 0 radical (unpaired) electrons. The van der Waals surface area contributed by atoms with Crippen molar-refractivity contribution < 1.29 is 17.6 Å². The van der Waals surface area contributed by atoms with E-state index < -0.39 is 17.6 Å². The second kappa shape index (κ2) is 40.5. The first-order valence-electron chi connectivity index (χ1n) is 1.82. The summed E-state index contributed by atoms with van der Waals surface area (Å²) in [7, 11) is 0. The Morgan fingerprint density at radius 1 is 1.17 bits per heavy atom. The van der Waals surface area contributed by atoms with Crippen LogP contribution < -0.4 is 8.95 Å². The average Bonchev–Trinajstić information content (AvgIpc) is 1.46. The molecule has 0 rings (SSSR count). The molecule has 0 bridgehead atoms. The van der Waals surface area contributed by atoms with Gasteiger partial charge in [0.05, 0.1) is 0 Å². The van der Waals surface area contributed by atoms with Gasteiger partial charge in [0.2, 0.25) is 0 Å². The minimum atomic E-state index is -0.875. The van der Waals surface area contributed by atoms with E-state index in [0.29, 0.717) is 0 Å². The van der Waals surface area contributed by atoms with Gasteiger partial charge < -0.3 is 0 Å². The zero-order valence-corrected chi connectivity index (χ0v) is 8.05. The number of nitrogens with two attached hydrogens (primary N) is 2. The number of halogens is 1. The SMILES string of the molecule is CC.Cl.[NH2][Zn][NH2]. The van der Waals surface area contributed by atoms with Crippen molar-refractivity contribution in [2.24, 2.45) is 8.95 Å². The van der Waals surface area contributed by atoms with Crippen LogP contribution in [0.2, 0.25) is 0 Å². The third-order valence-electron chi connectivity index (χ3n) is 0. The van der Waals surface area contributed by atoms with E-state index in [-0.39, 0.29) is 12.4 Å². The Morgan fingerprint density at radius 2 is 1.17 bits per heavy atom. The van der Waals surface area contributed by atoms with Gasteiger partial charge in [-0.3, -0.25) is 0 Å². The van der Waals surface area contributed by atoms with Crippen LogP contribution in [0.25, 0.3) is 0 Å². The van der Waals surface area contributed by atoms with Crippen molar-refractivity contribution in [3.05, 3.63) is 0 Å². The summed E-state index contributed by atoms with van der Waals surface area (Å²) < 4.78 is 9.62. The molecular weight excluding hydrogens is 153 g/mol. The number of hydrogen-bond donors (Lipinski definition) is 2. The molecule has 0 aliphatic heterocycles. The average molecular weight is 164 g/mol. The summed E-state index contributed by atoms with van der Waals surface area (Å²) in [4.78, 5) is 0. The van der Waals surface area contributed by atoms with Crippen molar-refractivity contribution in [2.45, 2.75) is 13.8 Å². The van der Waals surface area contributed by atoms with Gasteiger partial charge in [0, 0.05) is 0 Å². The fourth-order valence-corrected chi connectivity index (χ4v) is 0. The molecule has 0 fully saturated rings. The van der Waals surface area contributed by atoms with Crippen molar-refractivity contribution in [2.75, 3.05) is 0 Å². The molecule has 4 N–H and O–H groups in total.